The zero-order valence-corrected chi connectivity index (χ0v) is 28.3. The molecule has 0 aliphatic rings. The summed E-state index contributed by atoms with van der Waals surface area (Å²) in [5.41, 5.74) is 3.12. The van der Waals surface area contributed by atoms with Gasteiger partial charge in [-0.05, 0) is 65.4 Å². The molecule has 4 aromatic carbocycles. The summed E-state index contributed by atoms with van der Waals surface area (Å²) in [6, 6.07) is 31.5. The number of carbonyl (C=O) groups is 2. The van der Waals surface area contributed by atoms with Gasteiger partial charge in [0.2, 0.25) is 11.8 Å². The zero-order chi connectivity index (χ0) is 32.4. The van der Waals surface area contributed by atoms with E-state index in [1.54, 1.807) is 30.3 Å². The van der Waals surface area contributed by atoms with E-state index in [9.17, 15) is 18.0 Å². The Balaban J connectivity index is 1.79. The molecule has 0 heterocycles. The normalized spacial score (nSPS) is 12.0. The third-order valence-corrected chi connectivity index (χ3v) is 9.86. The SMILES string of the molecule is CCCNC(=O)C(Cc1ccccc1)N(Cc1ccc(Br)cc1)C(=O)CN(c1ccc(C(C)C)cc1)S(=O)(=O)c1ccccc1. The van der Waals surface area contributed by atoms with Gasteiger partial charge in [0.1, 0.15) is 12.6 Å². The molecule has 0 aromatic heterocycles. The number of benzene rings is 4. The average Bonchev–Trinajstić information content (AvgIpc) is 3.05. The minimum atomic E-state index is -4.13. The van der Waals surface area contributed by atoms with Crippen LogP contribution in [0.1, 0.15) is 49.8 Å². The maximum absolute atomic E-state index is 14.5. The number of nitrogens with zero attached hydrogens (tertiary/aromatic N) is 2. The van der Waals surface area contributed by atoms with Crippen LogP contribution in [0.15, 0.2) is 119 Å². The molecule has 0 fully saturated rings. The topological polar surface area (TPSA) is 86.8 Å². The summed E-state index contributed by atoms with van der Waals surface area (Å²) in [5, 5.41) is 2.97. The average molecular weight is 691 g/mol. The molecule has 4 rings (SSSR count). The number of anilines is 1. The minimum Gasteiger partial charge on any atom is -0.354 e. The monoisotopic (exact) mass is 689 g/mol. The Bertz CT molecular complexity index is 1650. The number of nitrogens with one attached hydrogen (secondary N) is 1. The highest BCUT2D eigenvalue weighted by atomic mass is 79.9. The van der Waals surface area contributed by atoms with E-state index in [-0.39, 0.29) is 29.7 Å². The second-order valence-electron chi connectivity index (χ2n) is 11.2. The Kier molecular flexibility index (Phi) is 12.0. The van der Waals surface area contributed by atoms with E-state index < -0.39 is 28.5 Å². The molecule has 0 saturated carbocycles. The summed E-state index contributed by atoms with van der Waals surface area (Å²) >= 11 is 3.46. The van der Waals surface area contributed by atoms with E-state index in [4.69, 9.17) is 0 Å². The quantitative estimate of drug-likeness (QED) is 0.156. The highest BCUT2D eigenvalue weighted by Crippen LogP contribution is 2.27. The van der Waals surface area contributed by atoms with E-state index in [0.717, 1.165) is 31.9 Å². The Morgan fingerprint density at radius 1 is 0.800 bits per heavy atom. The minimum absolute atomic E-state index is 0.0757. The molecule has 1 atom stereocenters. The molecule has 7 nitrogen and oxygen atoms in total. The third kappa shape index (κ3) is 9.05. The van der Waals surface area contributed by atoms with E-state index in [1.807, 2.05) is 73.7 Å². The van der Waals surface area contributed by atoms with E-state index in [0.29, 0.717) is 12.2 Å². The second-order valence-corrected chi connectivity index (χ2v) is 14.0. The molecule has 45 heavy (non-hydrogen) atoms. The molecule has 0 aliphatic heterocycles. The lowest BCUT2D eigenvalue weighted by atomic mass is 10.0. The van der Waals surface area contributed by atoms with Crippen LogP contribution in [0, 0.1) is 0 Å². The van der Waals surface area contributed by atoms with Crippen LogP contribution in [0.25, 0.3) is 0 Å². The molecule has 0 bridgehead atoms. The van der Waals surface area contributed by atoms with Gasteiger partial charge >= 0.3 is 0 Å². The van der Waals surface area contributed by atoms with Gasteiger partial charge in [-0.3, -0.25) is 13.9 Å². The van der Waals surface area contributed by atoms with Crippen LogP contribution >= 0.6 is 15.9 Å². The van der Waals surface area contributed by atoms with Crippen LogP contribution in [0.5, 0.6) is 0 Å². The molecule has 0 radical (unpaired) electrons. The van der Waals surface area contributed by atoms with Crippen molar-refractivity contribution in [2.45, 2.75) is 57.0 Å². The predicted octanol–water partition coefficient (Wildman–Crippen LogP) is 6.93. The lowest BCUT2D eigenvalue weighted by molar-refractivity contribution is -0.140. The van der Waals surface area contributed by atoms with Gasteiger partial charge in [0.25, 0.3) is 10.0 Å². The van der Waals surface area contributed by atoms with Gasteiger partial charge in [0.15, 0.2) is 0 Å². The Morgan fingerprint density at radius 2 is 1.40 bits per heavy atom. The van der Waals surface area contributed by atoms with Crippen molar-refractivity contribution in [3.05, 3.63) is 130 Å². The second kappa shape index (κ2) is 15.9. The number of hydrogen-bond donors (Lipinski definition) is 1. The first-order valence-corrected chi connectivity index (χ1v) is 17.4. The van der Waals surface area contributed by atoms with Crippen LogP contribution in [0.4, 0.5) is 5.69 Å². The zero-order valence-electron chi connectivity index (χ0n) is 25.9. The molecule has 1 unspecified atom stereocenters. The molecule has 9 heteroatoms. The number of halogens is 1. The number of carbonyl (C=O) groups excluding carboxylic acids is 2. The van der Waals surface area contributed by atoms with Gasteiger partial charge in [-0.2, -0.15) is 0 Å². The molecule has 0 aliphatic carbocycles. The van der Waals surface area contributed by atoms with Crippen molar-refractivity contribution >= 4 is 43.5 Å². The standard InChI is InChI=1S/C36H40BrN3O4S/c1-4-23-38-36(42)34(24-28-11-7-5-8-12-28)39(25-29-15-19-31(37)20-16-29)35(41)26-40(32-21-17-30(18-22-32)27(2)3)45(43,44)33-13-9-6-10-14-33/h5-22,27,34H,4,23-26H2,1-3H3,(H,38,42). The van der Waals surface area contributed by atoms with E-state index in [2.05, 4.69) is 35.1 Å². The van der Waals surface area contributed by atoms with E-state index in [1.165, 1.54) is 17.0 Å². The number of hydrogen-bond acceptors (Lipinski definition) is 4. The van der Waals surface area contributed by atoms with Gasteiger partial charge in [-0.1, -0.05) is 109 Å². The first-order chi connectivity index (χ1) is 21.6. The van der Waals surface area contributed by atoms with Crippen molar-refractivity contribution in [1.29, 1.82) is 0 Å². The van der Waals surface area contributed by atoms with Gasteiger partial charge in [-0.15, -0.1) is 0 Å². The molecular formula is C36H40BrN3O4S. The molecule has 2 amide bonds. The highest BCUT2D eigenvalue weighted by molar-refractivity contribution is 9.10. The molecule has 1 N–H and O–H groups in total. The summed E-state index contributed by atoms with van der Waals surface area (Å²) in [5.74, 6) is -0.524. The molecule has 0 saturated heterocycles. The van der Waals surface area contributed by atoms with Crippen LogP contribution < -0.4 is 9.62 Å². The molecule has 0 spiro atoms. The fraction of sp³-hybridized carbons (Fsp3) is 0.278. The van der Waals surface area contributed by atoms with Crippen molar-refractivity contribution in [2.75, 3.05) is 17.4 Å². The lowest BCUT2D eigenvalue weighted by Crippen LogP contribution is -2.53. The van der Waals surface area contributed by atoms with Crippen LogP contribution in [-0.4, -0.2) is 44.3 Å². The van der Waals surface area contributed by atoms with Crippen molar-refractivity contribution in [3.63, 3.8) is 0 Å². The first-order valence-electron chi connectivity index (χ1n) is 15.1. The third-order valence-electron chi connectivity index (χ3n) is 7.54. The Morgan fingerprint density at radius 3 is 1.98 bits per heavy atom. The number of sulfonamides is 1. The molecule has 4 aromatic rings. The maximum atomic E-state index is 14.5. The molecular weight excluding hydrogens is 650 g/mol. The fourth-order valence-electron chi connectivity index (χ4n) is 4.98. The summed E-state index contributed by atoms with van der Waals surface area (Å²) < 4.78 is 30.3. The Hall–Kier alpha value is -3.95. The fourth-order valence-corrected chi connectivity index (χ4v) is 6.68. The van der Waals surface area contributed by atoms with Gasteiger partial charge in [0.05, 0.1) is 10.6 Å². The van der Waals surface area contributed by atoms with Gasteiger partial charge in [-0.25, -0.2) is 8.42 Å². The lowest BCUT2D eigenvalue weighted by Gasteiger charge is -2.34. The van der Waals surface area contributed by atoms with Gasteiger partial charge in [0, 0.05) is 24.0 Å². The van der Waals surface area contributed by atoms with Crippen molar-refractivity contribution < 1.29 is 18.0 Å². The van der Waals surface area contributed by atoms with Crippen molar-refractivity contribution in [1.82, 2.24) is 10.2 Å². The predicted molar refractivity (Wildman–Crippen MR) is 183 cm³/mol. The summed E-state index contributed by atoms with van der Waals surface area (Å²) in [4.78, 5) is 29.8. The first kappa shape index (κ1) is 33.9. The summed E-state index contributed by atoms with van der Waals surface area (Å²) in [6.45, 7) is 6.19. The van der Waals surface area contributed by atoms with Crippen LogP contribution in [0.2, 0.25) is 0 Å². The van der Waals surface area contributed by atoms with Crippen molar-refractivity contribution in [3.8, 4) is 0 Å². The Labute approximate surface area is 275 Å². The summed E-state index contributed by atoms with van der Waals surface area (Å²) in [6.07, 6.45) is 1.01. The van der Waals surface area contributed by atoms with Gasteiger partial charge < -0.3 is 10.2 Å². The number of amides is 2. The van der Waals surface area contributed by atoms with Crippen molar-refractivity contribution in [2.24, 2.45) is 0 Å². The largest absolute Gasteiger partial charge is 0.354 e. The van der Waals surface area contributed by atoms with Crippen LogP contribution in [-0.2, 0) is 32.6 Å². The smallest absolute Gasteiger partial charge is 0.264 e. The highest BCUT2D eigenvalue weighted by Gasteiger charge is 2.34. The van der Waals surface area contributed by atoms with Crippen LogP contribution in [0.3, 0.4) is 0 Å². The molecule has 236 valence electrons. The van der Waals surface area contributed by atoms with E-state index >= 15 is 0 Å². The maximum Gasteiger partial charge on any atom is 0.264 e. The number of rotatable bonds is 14. The summed E-state index contributed by atoms with van der Waals surface area (Å²) in [7, 11) is -4.13.